The van der Waals surface area contributed by atoms with Crippen molar-refractivity contribution >= 4 is 17.6 Å². The van der Waals surface area contributed by atoms with Gasteiger partial charge >= 0.3 is 0 Å². The predicted molar refractivity (Wildman–Crippen MR) is 89.0 cm³/mol. The van der Waals surface area contributed by atoms with Gasteiger partial charge in [0.1, 0.15) is 11.6 Å². The van der Waals surface area contributed by atoms with Crippen LogP contribution in [0.15, 0.2) is 35.2 Å². The number of nitriles is 1. The van der Waals surface area contributed by atoms with Gasteiger partial charge in [0.25, 0.3) is 0 Å². The van der Waals surface area contributed by atoms with Crippen LogP contribution in [0, 0.1) is 25.2 Å². The molecule has 1 aromatic carbocycles. The number of rotatable bonds is 5. The van der Waals surface area contributed by atoms with Crippen molar-refractivity contribution in [3.8, 4) is 6.07 Å². The maximum atomic E-state index is 9.34. The first-order valence-electron chi connectivity index (χ1n) is 7.35. The van der Waals surface area contributed by atoms with E-state index >= 15 is 0 Å². The highest BCUT2D eigenvalue weighted by molar-refractivity contribution is 8.01. The van der Waals surface area contributed by atoms with Crippen LogP contribution in [0.25, 0.3) is 0 Å². The predicted octanol–water partition coefficient (Wildman–Crippen LogP) is 3.70. The van der Waals surface area contributed by atoms with E-state index in [1.807, 2.05) is 31.7 Å². The van der Waals surface area contributed by atoms with Crippen LogP contribution in [-0.2, 0) is 0 Å². The third-order valence-corrected chi connectivity index (χ3v) is 5.52. The number of benzene rings is 1. The quantitative estimate of drug-likeness (QED) is 0.912. The SMILES string of the molecule is Cc1nnc(NCC2(Sc3ccccc3)CC2)c(C#N)c1C. The van der Waals surface area contributed by atoms with Crippen molar-refractivity contribution in [1.29, 1.82) is 5.26 Å². The lowest BCUT2D eigenvalue weighted by atomic mass is 10.1. The number of anilines is 1. The van der Waals surface area contributed by atoms with Crippen LogP contribution in [0.3, 0.4) is 0 Å². The highest BCUT2D eigenvalue weighted by atomic mass is 32.2. The first kappa shape index (κ1) is 14.9. The van der Waals surface area contributed by atoms with Crippen molar-refractivity contribution < 1.29 is 0 Å². The molecule has 1 heterocycles. The summed E-state index contributed by atoms with van der Waals surface area (Å²) in [5.74, 6) is 0.602. The fourth-order valence-corrected chi connectivity index (χ4v) is 3.55. The fraction of sp³-hybridized carbons (Fsp3) is 0.353. The molecular weight excluding hydrogens is 292 g/mol. The molecule has 1 fully saturated rings. The van der Waals surface area contributed by atoms with Crippen LogP contribution in [0.1, 0.15) is 29.7 Å². The summed E-state index contributed by atoms with van der Waals surface area (Å²) in [7, 11) is 0. The number of aromatic nitrogens is 2. The highest BCUT2D eigenvalue weighted by Gasteiger charge is 2.43. The van der Waals surface area contributed by atoms with Crippen molar-refractivity contribution in [3.05, 3.63) is 47.2 Å². The summed E-state index contributed by atoms with van der Waals surface area (Å²) in [5, 5.41) is 21.0. The number of hydrogen-bond donors (Lipinski definition) is 1. The van der Waals surface area contributed by atoms with E-state index in [1.165, 1.54) is 17.7 Å². The van der Waals surface area contributed by atoms with Crippen molar-refractivity contribution in [2.75, 3.05) is 11.9 Å². The molecule has 4 nitrogen and oxygen atoms in total. The molecule has 0 saturated heterocycles. The van der Waals surface area contributed by atoms with E-state index in [9.17, 15) is 5.26 Å². The summed E-state index contributed by atoms with van der Waals surface area (Å²) in [6.45, 7) is 4.60. The summed E-state index contributed by atoms with van der Waals surface area (Å²) in [6.07, 6.45) is 2.36. The zero-order valence-corrected chi connectivity index (χ0v) is 13.6. The van der Waals surface area contributed by atoms with Gasteiger partial charge in [0.05, 0.1) is 5.69 Å². The molecule has 1 aromatic heterocycles. The highest BCUT2D eigenvalue weighted by Crippen LogP contribution is 2.51. The first-order chi connectivity index (χ1) is 10.6. The van der Waals surface area contributed by atoms with Gasteiger partial charge < -0.3 is 5.32 Å². The zero-order chi connectivity index (χ0) is 15.6. The maximum absolute atomic E-state index is 9.34. The minimum atomic E-state index is 0.217. The summed E-state index contributed by atoms with van der Waals surface area (Å²) in [5.41, 5.74) is 2.32. The molecule has 3 rings (SSSR count). The largest absolute Gasteiger partial charge is 0.366 e. The topological polar surface area (TPSA) is 61.6 Å². The van der Waals surface area contributed by atoms with E-state index in [4.69, 9.17) is 0 Å². The molecule has 0 bridgehead atoms. The van der Waals surface area contributed by atoms with E-state index in [0.717, 1.165) is 17.8 Å². The Morgan fingerprint density at radius 1 is 1.23 bits per heavy atom. The second kappa shape index (κ2) is 5.98. The van der Waals surface area contributed by atoms with Gasteiger partial charge in [-0.2, -0.15) is 10.4 Å². The minimum Gasteiger partial charge on any atom is -0.366 e. The van der Waals surface area contributed by atoms with E-state index in [2.05, 4.69) is 45.8 Å². The molecular formula is C17H18N4S. The van der Waals surface area contributed by atoms with E-state index in [0.29, 0.717) is 11.4 Å². The molecule has 112 valence electrons. The van der Waals surface area contributed by atoms with Crippen LogP contribution >= 0.6 is 11.8 Å². The van der Waals surface area contributed by atoms with Crippen LogP contribution in [0.2, 0.25) is 0 Å². The van der Waals surface area contributed by atoms with Gasteiger partial charge in [-0.3, -0.25) is 0 Å². The number of nitrogens with one attached hydrogen (secondary N) is 1. The van der Waals surface area contributed by atoms with Crippen LogP contribution in [0.4, 0.5) is 5.82 Å². The molecule has 0 radical (unpaired) electrons. The van der Waals surface area contributed by atoms with Gasteiger partial charge in [-0.05, 0) is 44.4 Å². The lowest BCUT2D eigenvalue weighted by molar-refractivity contribution is 0.900. The molecule has 1 aliphatic rings. The Labute approximate surface area is 135 Å². The minimum absolute atomic E-state index is 0.217. The molecule has 1 aliphatic carbocycles. The molecule has 1 saturated carbocycles. The Morgan fingerprint density at radius 3 is 2.59 bits per heavy atom. The number of nitrogens with zero attached hydrogens (tertiary/aromatic N) is 3. The van der Waals surface area contributed by atoms with E-state index in [-0.39, 0.29) is 4.75 Å². The molecule has 0 unspecified atom stereocenters. The first-order valence-corrected chi connectivity index (χ1v) is 8.17. The Balaban J connectivity index is 1.71. The molecule has 0 atom stereocenters. The van der Waals surface area contributed by atoms with Crippen LogP contribution < -0.4 is 5.32 Å². The average Bonchev–Trinajstić information content (AvgIpc) is 3.29. The van der Waals surface area contributed by atoms with Gasteiger partial charge in [0.2, 0.25) is 0 Å². The summed E-state index contributed by atoms with van der Waals surface area (Å²) in [4.78, 5) is 1.29. The van der Waals surface area contributed by atoms with E-state index < -0.39 is 0 Å². The molecule has 22 heavy (non-hydrogen) atoms. The zero-order valence-electron chi connectivity index (χ0n) is 12.8. The normalized spacial score (nSPS) is 15.1. The van der Waals surface area contributed by atoms with Crippen molar-refractivity contribution in [2.24, 2.45) is 0 Å². The lowest BCUT2D eigenvalue weighted by Gasteiger charge is -2.17. The van der Waals surface area contributed by atoms with Gasteiger partial charge in [0.15, 0.2) is 5.82 Å². The number of aryl methyl sites for hydroxylation is 1. The lowest BCUT2D eigenvalue weighted by Crippen LogP contribution is -2.20. The summed E-state index contributed by atoms with van der Waals surface area (Å²) < 4.78 is 0.217. The molecule has 1 N–H and O–H groups in total. The number of thioether (sulfide) groups is 1. The maximum Gasteiger partial charge on any atom is 0.166 e. The molecule has 2 aromatic rings. The molecule has 5 heteroatoms. The molecule has 0 aliphatic heterocycles. The van der Waals surface area contributed by atoms with Crippen molar-refractivity contribution in [2.45, 2.75) is 36.3 Å². The second-order valence-electron chi connectivity index (χ2n) is 5.70. The van der Waals surface area contributed by atoms with Gasteiger partial charge in [-0.15, -0.1) is 16.9 Å². The fourth-order valence-electron chi connectivity index (χ4n) is 2.31. The van der Waals surface area contributed by atoms with Gasteiger partial charge in [0, 0.05) is 16.2 Å². The second-order valence-corrected chi connectivity index (χ2v) is 7.24. The average molecular weight is 310 g/mol. The van der Waals surface area contributed by atoms with E-state index in [1.54, 1.807) is 0 Å². The van der Waals surface area contributed by atoms with Crippen molar-refractivity contribution in [1.82, 2.24) is 10.2 Å². The molecule has 0 spiro atoms. The molecule has 0 amide bonds. The Hall–Kier alpha value is -2.06. The van der Waals surface area contributed by atoms with Gasteiger partial charge in [-0.1, -0.05) is 18.2 Å². The summed E-state index contributed by atoms with van der Waals surface area (Å²) in [6, 6.07) is 12.7. The summed E-state index contributed by atoms with van der Waals surface area (Å²) >= 11 is 1.90. The monoisotopic (exact) mass is 310 g/mol. The van der Waals surface area contributed by atoms with Crippen LogP contribution in [0.5, 0.6) is 0 Å². The Kier molecular flexibility index (Phi) is 4.04. The number of hydrogen-bond acceptors (Lipinski definition) is 5. The van der Waals surface area contributed by atoms with Gasteiger partial charge in [-0.25, -0.2) is 0 Å². The third-order valence-electron chi connectivity index (χ3n) is 4.03. The Bertz CT molecular complexity index is 717. The standard InChI is InChI=1S/C17H18N4S/c1-12-13(2)20-21-16(15(12)10-18)19-11-17(8-9-17)22-14-6-4-3-5-7-14/h3-7H,8-9,11H2,1-2H3,(H,19,21). The van der Waals surface area contributed by atoms with Crippen LogP contribution in [-0.4, -0.2) is 21.5 Å². The smallest absolute Gasteiger partial charge is 0.166 e. The Morgan fingerprint density at radius 2 is 1.95 bits per heavy atom. The third kappa shape index (κ3) is 3.07. The van der Waals surface area contributed by atoms with Crippen molar-refractivity contribution in [3.63, 3.8) is 0 Å².